The Balaban J connectivity index is 2.77. The molecule has 0 N–H and O–H groups in total. The molecule has 0 saturated carbocycles. The molecule has 0 radical (unpaired) electrons. The van der Waals surface area contributed by atoms with Gasteiger partial charge in [0.05, 0.1) is 6.04 Å². The first kappa shape index (κ1) is 8.37. The molecule has 64 valence electrons. The number of cyclic esters (lactones) is 1. The molecule has 0 aliphatic carbocycles. The van der Waals surface area contributed by atoms with Crippen LogP contribution < -0.4 is 0 Å². The van der Waals surface area contributed by atoms with Crippen molar-refractivity contribution in [2.75, 3.05) is 6.61 Å². The maximum atomic E-state index is 11.1. The summed E-state index contributed by atoms with van der Waals surface area (Å²) in [5, 5.41) is 0. The van der Waals surface area contributed by atoms with E-state index in [4.69, 9.17) is 4.74 Å². The van der Waals surface area contributed by atoms with E-state index >= 15 is 0 Å². The Bertz CT molecular complexity index is 171. The first-order valence-corrected chi connectivity index (χ1v) is 3.89. The van der Waals surface area contributed by atoms with E-state index in [9.17, 15) is 4.79 Å². The Morgan fingerprint density at radius 2 is 2.09 bits per heavy atom. The summed E-state index contributed by atoms with van der Waals surface area (Å²) < 4.78 is 4.89. The Morgan fingerprint density at radius 3 is 2.27 bits per heavy atom. The molecule has 3 heteroatoms. The summed E-state index contributed by atoms with van der Waals surface area (Å²) in [5.74, 6) is 0. The molecule has 1 heterocycles. The molecule has 1 aliphatic heterocycles. The summed E-state index contributed by atoms with van der Waals surface area (Å²) in [4.78, 5) is 12.9. The Labute approximate surface area is 67.3 Å². The highest BCUT2D eigenvalue weighted by molar-refractivity contribution is 5.70. The monoisotopic (exact) mass is 157 g/mol. The molecule has 3 nitrogen and oxygen atoms in total. The average Bonchev–Trinajstić information content (AvgIpc) is 2.08. The highest BCUT2D eigenvalue weighted by Gasteiger charge is 2.37. The van der Waals surface area contributed by atoms with Crippen LogP contribution in [-0.2, 0) is 4.74 Å². The predicted octanol–water partition coefficient (Wildman–Crippen LogP) is 1.63. The molecule has 0 bridgehead atoms. The topological polar surface area (TPSA) is 29.5 Å². The quantitative estimate of drug-likeness (QED) is 0.534. The van der Waals surface area contributed by atoms with E-state index in [2.05, 4.69) is 0 Å². The zero-order valence-electron chi connectivity index (χ0n) is 7.55. The summed E-state index contributed by atoms with van der Waals surface area (Å²) >= 11 is 0. The van der Waals surface area contributed by atoms with Crippen molar-refractivity contribution in [3.63, 3.8) is 0 Å². The van der Waals surface area contributed by atoms with E-state index in [0.29, 0.717) is 6.61 Å². The van der Waals surface area contributed by atoms with E-state index < -0.39 is 0 Å². The van der Waals surface area contributed by atoms with Crippen molar-refractivity contribution in [3.8, 4) is 0 Å². The zero-order chi connectivity index (χ0) is 8.65. The van der Waals surface area contributed by atoms with Crippen LogP contribution in [0, 0.1) is 0 Å². The van der Waals surface area contributed by atoms with Crippen LogP contribution in [0.25, 0.3) is 0 Å². The van der Waals surface area contributed by atoms with Crippen molar-refractivity contribution in [1.82, 2.24) is 4.90 Å². The van der Waals surface area contributed by atoms with E-state index in [1.165, 1.54) is 0 Å². The van der Waals surface area contributed by atoms with Crippen LogP contribution in [-0.4, -0.2) is 29.2 Å². The molecule has 1 rings (SSSR count). The van der Waals surface area contributed by atoms with Crippen molar-refractivity contribution in [2.45, 2.75) is 39.3 Å². The van der Waals surface area contributed by atoms with Crippen LogP contribution in [0.4, 0.5) is 4.79 Å². The van der Waals surface area contributed by atoms with Crippen molar-refractivity contribution in [3.05, 3.63) is 0 Å². The average molecular weight is 157 g/mol. The molecule has 1 aliphatic rings. The minimum absolute atomic E-state index is 0.118. The molecule has 1 unspecified atom stereocenters. The number of hydrogen-bond donors (Lipinski definition) is 0. The molecule has 0 aromatic carbocycles. The third-order valence-electron chi connectivity index (χ3n) is 1.81. The molecule has 0 aromatic rings. The summed E-state index contributed by atoms with van der Waals surface area (Å²) in [5.41, 5.74) is -0.118. The largest absolute Gasteiger partial charge is 0.447 e. The lowest BCUT2D eigenvalue weighted by molar-refractivity contribution is 0.124. The molecule has 1 atom stereocenters. The molecule has 0 spiro atoms. The van der Waals surface area contributed by atoms with Gasteiger partial charge < -0.3 is 4.74 Å². The molecule has 11 heavy (non-hydrogen) atoms. The first-order chi connectivity index (χ1) is 4.93. The highest BCUT2D eigenvalue weighted by atomic mass is 16.6. The predicted molar refractivity (Wildman–Crippen MR) is 42.4 cm³/mol. The number of hydrogen-bond acceptors (Lipinski definition) is 2. The van der Waals surface area contributed by atoms with Gasteiger partial charge in [-0.25, -0.2) is 4.79 Å². The zero-order valence-corrected chi connectivity index (χ0v) is 7.55. The lowest BCUT2D eigenvalue weighted by Gasteiger charge is -2.32. The molecular formula is C8H15NO2. The standard InChI is InChI=1S/C8H15NO2/c1-6-5-11-7(10)9(6)8(2,3)4/h6H,5H2,1-4H3. The third-order valence-corrected chi connectivity index (χ3v) is 1.81. The number of amides is 1. The molecule has 1 saturated heterocycles. The van der Waals surface area contributed by atoms with Gasteiger partial charge in [0.15, 0.2) is 0 Å². The van der Waals surface area contributed by atoms with Crippen LogP contribution in [0.2, 0.25) is 0 Å². The van der Waals surface area contributed by atoms with Gasteiger partial charge in [-0.05, 0) is 27.7 Å². The smallest absolute Gasteiger partial charge is 0.410 e. The van der Waals surface area contributed by atoms with Gasteiger partial charge in [-0.3, -0.25) is 4.90 Å². The Morgan fingerprint density at radius 1 is 1.55 bits per heavy atom. The summed E-state index contributed by atoms with van der Waals surface area (Å²) in [6.45, 7) is 8.55. The molecule has 1 amide bonds. The second-order valence-electron chi connectivity index (χ2n) is 3.97. The maximum Gasteiger partial charge on any atom is 0.410 e. The Hall–Kier alpha value is -0.730. The summed E-state index contributed by atoms with van der Waals surface area (Å²) in [7, 11) is 0. The number of carbonyl (C=O) groups excluding carboxylic acids is 1. The van der Waals surface area contributed by atoms with Gasteiger partial charge in [0.2, 0.25) is 0 Å². The van der Waals surface area contributed by atoms with Crippen molar-refractivity contribution < 1.29 is 9.53 Å². The van der Waals surface area contributed by atoms with Crippen LogP contribution >= 0.6 is 0 Å². The fourth-order valence-corrected chi connectivity index (χ4v) is 1.45. The molecular weight excluding hydrogens is 142 g/mol. The van der Waals surface area contributed by atoms with Crippen LogP contribution in [0.1, 0.15) is 27.7 Å². The van der Waals surface area contributed by atoms with Gasteiger partial charge in [-0.15, -0.1) is 0 Å². The SMILES string of the molecule is CC1COC(=O)N1C(C)(C)C. The van der Waals surface area contributed by atoms with Gasteiger partial charge in [-0.2, -0.15) is 0 Å². The van der Waals surface area contributed by atoms with Gasteiger partial charge in [0, 0.05) is 5.54 Å². The molecule has 1 fully saturated rings. The first-order valence-electron chi connectivity index (χ1n) is 3.89. The van der Waals surface area contributed by atoms with E-state index in [1.54, 1.807) is 4.90 Å². The normalized spacial score (nSPS) is 25.6. The highest BCUT2D eigenvalue weighted by Crippen LogP contribution is 2.22. The van der Waals surface area contributed by atoms with Crippen molar-refractivity contribution >= 4 is 6.09 Å². The number of nitrogens with zero attached hydrogens (tertiary/aromatic N) is 1. The summed E-state index contributed by atoms with van der Waals surface area (Å²) in [6.07, 6.45) is -0.190. The van der Waals surface area contributed by atoms with Gasteiger partial charge >= 0.3 is 6.09 Å². The van der Waals surface area contributed by atoms with Crippen molar-refractivity contribution in [2.24, 2.45) is 0 Å². The second kappa shape index (κ2) is 2.40. The number of ether oxygens (including phenoxy) is 1. The lowest BCUT2D eigenvalue weighted by Crippen LogP contribution is -2.46. The fraction of sp³-hybridized carbons (Fsp3) is 0.875. The third kappa shape index (κ3) is 1.47. The maximum absolute atomic E-state index is 11.1. The van der Waals surface area contributed by atoms with E-state index in [0.717, 1.165) is 0 Å². The lowest BCUT2D eigenvalue weighted by atomic mass is 10.1. The fourth-order valence-electron chi connectivity index (χ4n) is 1.45. The van der Waals surface area contributed by atoms with Gasteiger partial charge in [0.25, 0.3) is 0 Å². The Kier molecular flexibility index (Phi) is 1.82. The van der Waals surface area contributed by atoms with Crippen LogP contribution in [0.5, 0.6) is 0 Å². The van der Waals surface area contributed by atoms with Crippen LogP contribution in [0.15, 0.2) is 0 Å². The number of rotatable bonds is 0. The van der Waals surface area contributed by atoms with Crippen molar-refractivity contribution in [1.29, 1.82) is 0 Å². The van der Waals surface area contributed by atoms with Gasteiger partial charge in [0.1, 0.15) is 6.61 Å². The number of carbonyl (C=O) groups is 1. The van der Waals surface area contributed by atoms with E-state index in [1.807, 2.05) is 27.7 Å². The molecule has 0 aromatic heterocycles. The minimum Gasteiger partial charge on any atom is -0.447 e. The minimum atomic E-state index is -0.190. The van der Waals surface area contributed by atoms with Gasteiger partial charge in [-0.1, -0.05) is 0 Å². The summed E-state index contributed by atoms with van der Waals surface area (Å²) in [6, 6.07) is 0.211. The van der Waals surface area contributed by atoms with E-state index in [-0.39, 0.29) is 17.7 Å². The second-order valence-corrected chi connectivity index (χ2v) is 3.97. The van der Waals surface area contributed by atoms with Crippen LogP contribution in [0.3, 0.4) is 0 Å².